The van der Waals surface area contributed by atoms with Crippen LogP contribution in [0.3, 0.4) is 0 Å². The number of likely N-dealkylation sites (N-methyl/N-ethyl adjacent to an activating group) is 1. The van der Waals surface area contributed by atoms with Gasteiger partial charge in [-0.25, -0.2) is 0 Å². The zero-order valence-corrected chi connectivity index (χ0v) is 12.2. The Morgan fingerprint density at radius 3 is 1.94 bits per heavy atom. The highest BCUT2D eigenvalue weighted by Crippen LogP contribution is 2.29. The third-order valence-corrected chi connectivity index (χ3v) is 3.14. The van der Waals surface area contributed by atoms with Gasteiger partial charge >= 0.3 is 0 Å². The van der Waals surface area contributed by atoms with Crippen molar-refractivity contribution in [2.75, 3.05) is 20.1 Å². The average Bonchev–Trinajstić information content (AvgIpc) is 2.11. The van der Waals surface area contributed by atoms with Crippen molar-refractivity contribution in [3.8, 4) is 0 Å². The molecule has 1 saturated heterocycles. The second-order valence-corrected chi connectivity index (χ2v) is 6.66. The van der Waals surface area contributed by atoms with E-state index in [2.05, 4.69) is 5.32 Å². The van der Waals surface area contributed by atoms with E-state index >= 15 is 0 Å². The number of hydrogen-bond acceptors (Lipinski definition) is 3. The maximum atomic E-state index is 12.4. The lowest BCUT2D eigenvalue weighted by Gasteiger charge is -2.48. The topological polar surface area (TPSA) is 41.6 Å². The zero-order chi connectivity index (χ0) is 13.5. The number of amides is 1. The Kier molecular flexibility index (Phi) is 3.61. The first-order valence-corrected chi connectivity index (χ1v) is 6.18. The molecule has 1 heterocycles. The molecule has 0 aromatic carbocycles. The van der Waals surface area contributed by atoms with Gasteiger partial charge in [0, 0.05) is 13.1 Å². The van der Waals surface area contributed by atoms with Gasteiger partial charge in [0.1, 0.15) is 0 Å². The highest BCUT2D eigenvalue weighted by atomic mass is 16.5. The van der Waals surface area contributed by atoms with Crippen molar-refractivity contribution in [2.24, 2.45) is 0 Å². The van der Waals surface area contributed by atoms with E-state index in [1.54, 1.807) is 0 Å². The van der Waals surface area contributed by atoms with Gasteiger partial charge < -0.3 is 15.0 Å². The Morgan fingerprint density at radius 1 is 1.18 bits per heavy atom. The fourth-order valence-corrected chi connectivity index (χ4v) is 2.43. The minimum Gasteiger partial charge on any atom is -0.366 e. The lowest BCUT2D eigenvalue weighted by atomic mass is 9.95. The number of hydrogen-bond donors (Lipinski definition) is 1. The maximum absolute atomic E-state index is 12.4. The van der Waals surface area contributed by atoms with Crippen LogP contribution in [0.25, 0.3) is 0 Å². The summed E-state index contributed by atoms with van der Waals surface area (Å²) in [7, 11) is 1.81. The molecule has 1 aliphatic rings. The minimum absolute atomic E-state index is 0.129. The monoisotopic (exact) mass is 242 g/mol. The molecule has 0 bridgehead atoms. The van der Waals surface area contributed by atoms with E-state index in [0.717, 1.165) is 0 Å². The molecule has 0 aromatic rings. The predicted molar refractivity (Wildman–Crippen MR) is 69.0 cm³/mol. The summed E-state index contributed by atoms with van der Waals surface area (Å²) >= 11 is 0. The Hall–Kier alpha value is -0.610. The number of nitrogens with zero attached hydrogens (tertiary/aromatic N) is 1. The van der Waals surface area contributed by atoms with Crippen LogP contribution in [0.1, 0.15) is 41.5 Å². The van der Waals surface area contributed by atoms with Crippen LogP contribution in [-0.4, -0.2) is 47.7 Å². The Bertz CT molecular complexity index is 293. The van der Waals surface area contributed by atoms with Crippen LogP contribution in [-0.2, 0) is 9.53 Å². The van der Waals surface area contributed by atoms with Crippen LogP contribution in [0.5, 0.6) is 0 Å². The summed E-state index contributed by atoms with van der Waals surface area (Å²) in [5.41, 5.74) is -1.11. The fourth-order valence-electron chi connectivity index (χ4n) is 2.43. The number of carbonyl (C=O) groups is 1. The molecule has 0 aliphatic carbocycles. The summed E-state index contributed by atoms with van der Waals surface area (Å²) in [5.74, 6) is 0.129. The lowest BCUT2D eigenvalue weighted by Crippen LogP contribution is -2.63. The van der Waals surface area contributed by atoms with Gasteiger partial charge in [-0.1, -0.05) is 0 Å². The molecule has 1 amide bonds. The first-order valence-electron chi connectivity index (χ1n) is 6.18. The van der Waals surface area contributed by atoms with E-state index in [1.165, 1.54) is 0 Å². The molecule has 0 aromatic heterocycles. The quantitative estimate of drug-likeness (QED) is 0.796. The lowest BCUT2D eigenvalue weighted by molar-refractivity contribution is -0.190. The fraction of sp³-hybridized carbons (Fsp3) is 0.923. The van der Waals surface area contributed by atoms with Crippen LogP contribution < -0.4 is 5.32 Å². The van der Waals surface area contributed by atoms with Crippen molar-refractivity contribution >= 4 is 5.91 Å². The molecule has 1 N–H and O–H groups in total. The smallest absolute Gasteiger partial charge is 0.242 e. The van der Waals surface area contributed by atoms with Crippen molar-refractivity contribution in [1.29, 1.82) is 0 Å². The predicted octanol–water partition coefficient (Wildman–Crippen LogP) is 1.40. The molecular weight excluding hydrogens is 216 g/mol. The van der Waals surface area contributed by atoms with E-state index in [1.807, 2.05) is 53.5 Å². The summed E-state index contributed by atoms with van der Waals surface area (Å²) in [6, 6.07) is 0. The Balaban J connectivity index is 2.88. The summed E-state index contributed by atoms with van der Waals surface area (Å²) in [4.78, 5) is 14.3. The van der Waals surface area contributed by atoms with E-state index in [9.17, 15) is 4.79 Å². The number of carbonyl (C=O) groups excluding carboxylic acids is 1. The highest BCUT2D eigenvalue weighted by molar-refractivity contribution is 5.85. The second-order valence-electron chi connectivity index (χ2n) is 6.66. The van der Waals surface area contributed by atoms with Crippen LogP contribution in [0, 0.1) is 0 Å². The summed E-state index contributed by atoms with van der Waals surface area (Å²) < 4.78 is 5.97. The van der Waals surface area contributed by atoms with E-state index < -0.39 is 5.54 Å². The largest absolute Gasteiger partial charge is 0.366 e. The van der Waals surface area contributed by atoms with Crippen molar-refractivity contribution in [2.45, 2.75) is 58.3 Å². The molecule has 0 spiro atoms. The average molecular weight is 242 g/mol. The third kappa shape index (κ3) is 3.42. The molecule has 0 radical (unpaired) electrons. The summed E-state index contributed by atoms with van der Waals surface area (Å²) in [5, 5.41) is 3.06. The number of nitrogens with one attached hydrogen (secondary N) is 1. The van der Waals surface area contributed by atoms with E-state index in [-0.39, 0.29) is 17.1 Å². The first-order chi connectivity index (χ1) is 7.49. The van der Waals surface area contributed by atoms with Gasteiger partial charge in [-0.2, -0.15) is 0 Å². The second kappa shape index (κ2) is 4.25. The first kappa shape index (κ1) is 14.5. The van der Waals surface area contributed by atoms with Gasteiger partial charge in [0.2, 0.25) is 5.91 Å². The van der Waals surface area contributed by atoms with E-state index in [0.29, 0.717) is 13.1 Å². The van der Waals surface area contributed by atoms with Gasteiger partial charge in [-0.05, 0) is 48.6 Å². The number of morpholine rings is 1. The third-order valence-electron chi connectivity index (χ3n) is 3.14. The maximum Gasteiger partial charge on any atom is 0.242 e. The van der Waals surface area contributed by atoms with Crippen molar-refractivity contribution in [3.63, 3.8) is 0 Å². The zero-order valence-electron chi connectivity index (χ0n) is 12.2. The van der Waals surface area contributed by atoms with Gasteiger partial charge in [0.05, 0.1) is 16.7 Å². The number of rotatable bonds is 2. The molecule has 1 rings (SSSR count). The molecule has 0 saturated carbocycles. The van der Waals surface area contributed by atoms with Crippen molar-refractivity contribution < 1.29 is 9.53 Å². The molecule has 1 aliphatic heterocycles. The molecule has 4 nitrogen and oxygen atoms in total. The van der Waals surface area contributed by atoms with Gasteiger partial charge in [-0.3, -0.25) is 4.79 Å². The molecule has 1 fully saturated rings. The van der Waals surface area contributed by atoms with Crippen LogP contribution in [0.2, 0.25) is 0 Å². The van der Waals surface area contributed by atoms with Crippen LogP contribution >= 0.6 is 0 Å². The van der Waals surface area contributed by atoms with Crippen molar-refractivity contribution in [1.82, 2.24) is 10.2 Å². The Labute approximate surface area is 105 Å². The molecule has 4 heteroatoms. The number of ether oxygens (including phenoxy) is 1. The van der Waals surface area contributed by atoms with Gasteiger partial charge in [0.25, 0.3) is 0 Å². The molecular formula is C13H26N2O2. The van der Waals surface area contributed by atoms with Crippen LogP contribution in [0.4, 0.5) is 0 Å². The van der Waals surface area contributed by atoms with Gasteiger partial charge in [-0.15, -0.1) is 0 Å². The van der Waals surface area contributed by atoms with Crippen molar-refractivity contribution in [3.05, 3.63) is 0 Å². The Morgan fingerprint density at radius 2 is 1.59 bits per heavy atom. The molecule has 17 heavy (non-hydrogen) atoms. The van der Waals surface area contributed by atoms with Crippen LogP contribution in [0.15, 0.2) is 0 Å². The summed E-state index contributed by atoms with van der Waals surface area (Å²) in [6.07, 6.45) is 0. The summed E-state index contributed by atoms with van der Waals surface area (Å²) in [6.45, 7) is 13.2. The molecule has 0 atom stereocenters. The molecule has 0 unspecified atom stereocenters. The minimum atomic E-state index is -0.524. The highest BCUT2D eigenvalue weighted by Gasteiger charge is 2.42. The van der Waals surface area contributed by atoms with E-state index in [4.69, 9.17) is 4.74 Å². The normalized spacial score (nSPS) is 23.6. The SMILES string of the molecule is CNC(C)(C)C(=O)N1CC(C)(C)OC(C)(C)C1. The molecule has 100 valence electrons. The standard InChI is InChI=1S/C13H26N2O2/c1-11(2)8-15(9-12(3,4)17-11)10(16)13(5,6)14-7/h14H,8-9H2,1-7H3. The van der Waals surface area contributed by atoms with Gasteiger partial charge in [0.15, 0.2) is 0 Å².